The van der Waals surface area contributed by atoms with Gasteiger partial charge in [0.15, 0.2) is 0 Å². The number of carbonyl (C=O) groups is 2. The summed E-state index contributed by atoms with van der Waals surface area (Å²) in [5.41, 5.74) is 4.09. The summed E-state index contributed by atoms with van der Waals surface area (Å²) >= 11 is 0. The Kier molecular flexibility index (Phi) is 9.09. The Bertz CT molecular complexity index is 604. The lowest BCUT2D eigenvalue weighted by Crippen LogP contribution is -2.37. The summed E-state index contributed by atoms with van der Waals surface area (Å²) in [4.78, 5) is 24.3. The van der Waals surface area contributed by atoms with Crippen molar-refractivity contribution in [2.75, 3.05) is 25.0 Å². The smallest absolute Gasteiger partial charge is 0.243 e. The Morgan fingerprint density at radius 3 is 2.42 bits per heavy atom. The number of hydrogen-bond donors (Lipinski definition) is 3. The Labute approximate surface area is 163 Å². The van der Waals surface area contributed by atoms with Gasteiger partial charge in [-0.25, -0.2) is 0 Å². The minimum absolute atomic E-state index is 0. The summed E-state index contributed by atoms with van der Waals surface area (Å²) in [6.07, 6.45) is 2.82. The minimum Gasteiger partial charge on any atom is -0.347 e. The molecule has 1 saturated heterocycles. The molecule has 2 atom stereocenters. The number of nitrogens with one attached hydrogen (secondary N) is 3. The Morgan fingerprint density at radius 2 is 1.85 bits per heavy atom. The second kappa shape index (κ2) is 10.5. The lowest BCUT2D eigenvalue weighted by Gasteiger charge is -2.28. The van der Waals surface area contributed by atoms with Crippen molar-refractivity contribution in [3.8, 4) is 0 Å². The van der Waals surface area contributed by atoms with Crippen LogP contribution in [0.3, 0.4) is 0 Å². The third-order valence-corrected chi connectivity index (χ3v) is 5.03. The van der Waals surface area contributed by atoms with Gasteiger partial charge in [0.1, 0.15) is 0 Å². The number of aryl methyl sites for hydroxylation is 3. The van der Waals surface area contributed by atoms with Crippen molar-refractivity contribution in [2.24, 2.45) is 11.8 Å². The highest BCUT2D eigenvalue weighted by Crippen LogP contribution is 2.23. The van der Waals surface area contributed by atoms with Gasteiger partial charge in [0.05, 0.1) is 6.54 Å². The first kappa shape index (κ1) is 22.5. The predicted octanol–water partition coefficient (Wildman–Crippen LogP) is 3.11. The highest BCUT2D eigenvalue weighted by molar-refractivity contribution is 5.95. The molecule has 26 heavy (non-hydrogen) atoms. The van der Waals surface area contributed by atoms with Gasteiger partial charge in [0.25, 0.3) is 0 Å². The topological polar surface area (TPSA) is 70.2 Å². The monoisotopic (exact) mass is 381 g/mol. The van der Waals surface area contributed by atoms with Crippen molar-refractivity contribution in [1.29, 1.82) is 0 Å². The highest BCUT2D eigenvalue weighted by atomic mass is 35.5. The molecule has 0 aromatic heterocycles. The number of amides is 2. The molecule has 0 saturated carbocycles. The number of piperidine rings is 1. The molecule has 3 N–H and O–H groups in total. The zero-order valence-corrected chi connectivity index (χ0v) is 17.1. The van der Waals surface area contributed by atoms with Crippen molar-refractivity contribution in [1.82, 2.24) is 10.6 Å². The number of hydrogen-bond acceptors (Lipinski definition) is 3. The normalized spacial score (nSPS) is 17.8. The van der Waals surface area contributed by atoms with Crippen molar-refractivity contribution in [3.63, 3.8) is 0 Å². The Morgan fingerprint density at radius 1 is 1.19 bits per heavy atom. The van der Waals surface area contributed by atoms with Gasteiger partial charge in [-0.15, -0.1) is 12.4 Å². The first-order valence-electron chi connectivity index (χ1n) is 9.22. The fraction of sp³-hybridized carbons (Fsp3) is 0.600. The Hall–Kier alpha value is -1.59. The van der Waals surface area contributed by atoms with Crippen LogP contribution in [0.15, 0.2) is 12.1 Å². The van der Waals surface area contributed by atoms with E-state index >= 15 is 0 Å². The van der Waals surface area contributed by atoms with E-state index in [0.29, 0.717) is 18.3 Å². The van der Waals surface area contributed by atoms with Gasteiger partial charge in [-0.3, -0.25) is 9.59 Å². The first-order chi connectivity index (χ1) is 11.9. The summed E-state index contributed by atoms with van der Waals surface area (Å²) in [6.45, 7) is 10.2. The van der Waals surface area contributed by atoms with E-state index in [2.05, 4.69) is 22.9 Å². The van der Waals surface area contributed by atoms with Gasteiger partial charge in [-0.2, -0.15) is 0 Å². The van der Waals surface area contributed by atoms with Crippen molar-refractivity contribution < 1.29 is 9.59 Å². The van der Waals surface area contributed by atoms with E-state index in [1.807, 2.05) is 32.9 Å². The number of halogens is 1. The van der Waals surface area contributed by atoms with Gasteiger partial charge in [-0.05, 0) is 69.7 Å². The summed E-state index contributed by atoms with van der Waals surface area (Å²) in [5, 5.41) is 9.05. The molecule has 0 spiro atoms. The van der Waals surface area contributed by atoms with Gasteiger partial charge in [0.2, 0.25) is 11.8 Å². The largest absolute Gasteiger partial charge is 0.347 e. The average molecular weight is 382 g/mol. The quantitative estimate of drug-likeness (QED) is 0.709. The fourth-order valence-corrected chi connectivity index (χ4v) is 3.64. The van der Waals surface area contributed by atoms with Gasteiger partial charge in [-0.1, -0.05) is 24.6 Å². The third kappa shape index (κ3) is 6.61. The molecule has 0 aliphatic carbocycles. The van der Waals surface area contributed by atoms with Crippen molar-refractivity contribution in [3.05, 3.63) is 28.8 Å². The third-order valence-electron chi connectivity index (χ3n) is 5.03. The highest BCUT2D eigenvalue weighted by Gasteiger charge is 2.22. The fourth-order valence-electron chi connectivity index (χ4n) is 3.64. The summed E-state index contributed by atoms with van der Waals surface area (Å²) in [7, 11) is 0. The molecule has 1 aromatic carbocycles. The second-order valence-electron chi connectivity index (χ2n) is 7.39. The van der Waals surface area contributed by atoms with E-state index in [0.717, 1.165) is 29.9 Å². The number of carbonyl (C=O) groups excluding carboxylic acids is 2. The zero-order valence-electron chi connectivity index (χ0n) is 16.3. The van der Waals surface area contributed by atoms with Crippen LogP contribution in [0, 0.1) is 32.6 Å². The summed E-state index contributed by atoms with van der Waals surface area (Å²) < 4.78 is 0. The van der Waals surface area contributed by atoms with Gasteiger partial charge >= 0.3 is 0 Å². The van der Waals surface area contributed by atoms with Crippen LogP contribution in [0.25, 0.3) is 0 Å². The van der Waals surface area contributed by atoms with Crippen LogP contribution in [0.1, 0.15) is 42.9 Å². The minimum atomic E-state index is -0.185. The van der Waals surface area contributed by atoms with E-state index in [1.54, 1.807) is 0 Å². The van der Waals surface area contributed by atoms with Crippen LogP contribution in [-0.4, -0.2) is 31.4 Å². The maximum absolute atomic E-state index is 12.2. The van der Waals surface area contributed by atoms with Gasteiger partial charge in [0, 0.05) is 12.1 Å². The van der Waals surface area contributed by atoms with E-state index in [-0.39, 0.29) is 30.8 Å². The van der Waals surface area contributed by atoms with Crippen LogP contribution < -0.4 is 16.0 Å². The Balaban J connectivity index is 0.00000338. The molecule has 1 aromatic rings. The molecule has 2 unspecified atom stereocenters. The molecule has 1 aliphatic heterocycles. The van der Waals surface area contributed by atoms with E-state index in [4.69, 9.17) is 0 Å². The van der Waals surface area contributed by atoms with E-state index in [1.165, 1.54) is 18.4 Å². The van der Waals surface area contributed by atoms with Crippen molar-refractivity contribution >= 4 is 29.9 Å². The van der Waals surface area contributed by atoms with Crippen LogP contribution in [0.2, 0.25) is 0 Å². The molecule has 6 heteroatoms. The second-order valence-corrected chi connectivity index (χ2v) is 7.39. The maximum Gasteiger partial charge on any atom is 0.243 e. The average Bonchev–Trinajstić information content (AvgIpc) is 2.57. The number of anilines is 1. The molecule has 2 amide bonds. The van der Waals surface area contributed by atoms with Crippen LogP contribution in [-0.2, 0) is 9.59 Å². The molecule has 5 nitrogen and oxygen atoms in total. The molecule has 2 rings (SSSR count). The van der Waals surface area contributed by atoms with Crippen molar-refractivity contribution in [2.45, 2.75) is 47.0 Å². The lowest BCUT2D eigenvalue weighted by atomic mass is 9.85. The maximum atomic E-state index is 12.2. The standard InChI is InChI=1S/C20H31N3O2.ClH/c1-13-8-15(3)20(16(4)9-13)23-19(25)12-22-18(24)10-14(2)17-6-5-7-21-11-17;/h8-9,14,17,21H,5-7,10-12H2,1-4H3,(H,22,24)(H,23,25);1H. The number of rotatable bonds is 6. The molecule has 0 radical (unpaired) electrons. The van der Waals surface area contributed by atoms with Crippen LogP contribution in [0.4, 0.5) is 5.69 Å². The zero-order chi connectivity index (χ0) is 18.4. The molecule has 1 fully saturated rings. The molecular formula is C20H32ClN3O2. The summed E-state index contributed by atoms with van der Waals surface area (Å²) in [6, 6.07) is 4.09. The molecule has 1 aliphatic rings. The predicted molar refractivity (Wildman–Crippen MR) is 109 cm³/mol. The number of benzene rings is 1. The van der Waals surface area contributed by atoms with E-state index < -0.39 is 0 Å². The SMILES string of the molecule is Cc1cc(C)c(NC(=O)CNC(=O)CC(C)C2CCCNC2)c(C)c1.Cl. The van der Waals surface area contributed by atoms with Crippen LogP contribution in [0.5, 0.6) is 0 Å². The van der Waals surface area contributed by atoms with Crippen LogP contribution >= 0.6 is 12.4 Å². The van der Waals surface area contributed by atoms with E-state index in [9.17, 15) is 9.59 Å². The first-order valence-corrected chi connectivity index (χ1v) is 9.22. The molecular weight excluding hydrogens is 350 g/mol. The summed E-state index contributed by atoms with van der Waals surface area (Å²) in [5.74, 6) is 0.643. The van der Waals surface area contributed by atoms with Gasteiger partial charge < -0.3 is 16.0 Å². The molecule has 1 heterocycles. The molecule has 0 bridgehead atoms. The lowest BCUT2D eigenvalue weighted by molar-refractivity contribution is -0.125. The molecule has 146 valence electrons.